The van der Waals surface area contributed by atoms with Crippen molar-refractivity contribution in [1.29, 1.82) is 0 Å². The zero-order valence-electron chi connectivity index (χ0n) is 13.3. The average Bonchev–Trinajstić information content (AvgIpc) is 2.60. The van der Waals surface area contributed by atoms with E-state index in [1.165, 1.54) is 6.07 Å². The fourth-order valence-corrected chi connectivity index (χ4v) is 3.22. The second-order valence-corrected chi connectivity index (χ2v) is 6.50. The molecule has 3 rings (SSSR count). The molecule has 126 valence electrons. The molecule has 0 radical (unpaired) electrons. The standard InChI is InChI=1S/C19H20ClFN2O/c20-17-7-4-8-18(21)16(17)13-23-11-9-15(10-12-23)22-19(24)14-5-2-1-3-6-14/h1-8,15H,9-13H2,(H,22,24). The van der Waals surface area contributed by atoms with Gasteiger partial charge in [0, 0.05) is 41.8 Å². The number of benzene rings is 2. The Kier molecular flexibility index (Phi) is 5.48. The molecule has 2 aromatic rings. The van der Waals surface area contributed by atoms with Gasteiger partial charge in [0.1, 0.15) is 5.82 Å². The highest BCUT2D eigenvalue weighted by Crippen LogP contribution is 2.22. The molecule has 1 fully saturated rings. The second-order valence-electron chi connectivity index (χ2n) is 6.09. The number of halogens is 2. The molecule has 1 aliphatic heterocycles. The van der Waals surface area contributed by atoms with Gasteiger partial charge in [-0.05, 0) is 37.1 Å². The smallest absolute Gasteiger partial charge is 0.251 e. The molecule has 1 saturated heterocycles. The number of hydrogen-bond donors (Lipinski definition) is 1. The molecule has 1 heterocycles. The van der Waals surface area contributed by atoms with Crippen molar-refractivity contribution in [2.45, 2.75) is 25.4 Å². The lowest BCUT2D eigenvalue weighted by Crippen LogP contribution is -2.44. The lowest BCUT2D eigenvalue weighted by atomic mass is 10.0. The lowest BCUT2D eigenvalue weighted by molar-refractivity contribution is 0.0908. The van der Waals surface area contributed by atoms with Gasteiger partial charge in [-0.25, -0.2) is 4.39 Å². The van der Waals surface area contributed by atoms with Gasteiger partial charge in [0.05, 0.1) is 0 Å². The summed E-state index contributed by atoms with van der Waals surface area (Å²) in [5, 5.41) is 3.54. The second kappa shape index (κ2) is 7.77. The van der Waals surface area contributed by atoms with E-state index in [4.69, 9.17) is 11.6 Å². The predicted molar refractivity (Wildman–Crippen MR) is 93.6 cm³/mol. The fraction of sp³-hybridized carbons (Fsp3) is 0.316. The maximum absolute atomic E-state index is 13.9. The van der Waals surface area contributed by atoms with Gasteiger partial charge < -0.3 is 5.32 Å². The molecule has 0 atom stereocenters. The molecular formula is C19H20ClFN2O. The number of rotatable bonds is 4. The van der Waals surface area contributed by atoms with E-state index >= 15 is 0 Å². The molecule has 0 aliphatic carbocycles. The SMILES string of the molecule is O=C(NC1CCN(Cc2c(F)cccc2Cl)CC1)c1ccccc1. The quantitative estimate of drug-likeness (QED) is 0.911. The van der Waals surface area contributed by atoms with Gasteiger partial charge in [0.2, 0.25) is 0 Å². The van der Waals surface area contributed by atoms with Crippen LogP contribution < -0.4 is 5.32 Å². The molecule has 0 spiro atoms. The van der Waals surface area contributed by atoms with Crippen LogP contribution in [0.1, 0.15) is 28.8 Å². The van der Waals surface area contributed by atoms with Crippen LogP contribution in [0, 0.1) is 5.82 Å². The van der Waals surface area contributed by atoms with Crippen LogP contribution >= 0.6 is 11.6 Å². The molecule has 0 saturated carbocycles. The summed E-state index contributed by atoms with van der Waals surface area (Å²) in [5.74, 6) is -0.298. The zero-order chi connectivity index (χ0) is 16.9. The van der Waals surface area contributed by atoms with Gasteiger partial charge in [-0.1, -0.05) is 35.9 Å². The first kappa shape index (κ1) is 16.9. The monoisotopic (exact) mass is 346 g/mol. The van der Waals surface area contributed by atoms with E-state index < -0.39 is 0 Å². The number of carbonyl (C=O) groups excluding carboxylic acids is 1. The Morgan fingerprint density at radius 3 is 2.50 bits per heavy atom. The van der Waals surface area contributed by atoms with E-state index in [0.717, 1.165) is 25.9 Å². The molecule has 2 aromatic carbocycles. The minimum atomic E-state index is -0.262. The lowest BCUT2D eigenvalue weighted by Gasteiger charge is -2.32. The van der Waals surface area contributed by atoms with Crippen molar-refractivity contribution in [2.24, 2.45) is 0 Å². The van der Waals surface area contributed by atoms with Crippen LogP contribution in [0.15, 0.2) is 48.5 Å². The average molecular weight is 347 g/mol. The Bertz CT molecular complexity index is 680. The number of nitrogens with one attached hydrogen (secondary N) is 1. The Morgan fingerprint density at radius 1 is 1.12 bits per heavy atom. The van der Waals surface area contributed by atoms with Gasteiger partial charge in [-0.2, -0.15) is 0 Å². The van der Waals surface area contributed by atoms with Crippen LogP contribution in [-0.2, 0) is 6.54 Å². The summed E-state index contributed by atoms with van der Waals surface area (Å²) >= 11 is 6.09. The summed E-state index contributed by atoms with van der Waals surface area (Å²) in [4.78, 5) is 14.4. The van der Waals surface area contributed by atoms with E-state index in [2.05, 4.69) is 10.2 Å². The number of hydrogen-bond acceptors (Lipinski definition) is 2. The first-order valence-electron chi connectivity index (χ1n) is 8.14. The van der Waals surface area contributed by atoms with Crippen molar-refractivity contribution in [2.75, 3.05) is 13.1 Å². The third-order valence-corrected chi connectivity index (χ3v) is 4.76. The summed E-state index contributed by atoms with van der Waals surface area (Å²) in [6.07, 6.45) is 1.70. The first-order valence-corrected chi connectivity index (χ1v) is 8.52. The molecule has 1 aliphatic rings. The topological polar surface area (TPSA) is 32.3 Å². The maximum Gasteiger partial charge on any atom is 0.251 e. The minimum absolute atomic E-state index is 0.0359. The van der Waals surface area contributed by atoms with Crippen molar-refractivity contribution < 1.29 is 9.18 Å². The summed E-state index contributed by atoms with van der Waals surface area (Å²) in [6.45, 7) is 2.12. The van der Waals surface area contributed by atoms with Crippen LogP contribution in [-0.4, -0.2) is 29.9 Å². The normalized spacial score (nSPS) is 16.1. The van der Waals surface area contributed by atoms with Gasteiger partial charge in [-0.15, -0.1) is 0 Å². The third kappa shape index (κ3) is 4.13. The van der Waals surface area contributed by atoms with Gasteiger partial charge >= 0.3 is 0 Å². The van der Waals surface area contributed by atoms with Crippen molar-refractivity contribution in [3.8, 4) is 0 Å². The van der Waals surface area contributed by atoms with Gasteiger partial charge in [-0.3, -0.25) is 9.69 Å². The van der Waals surface area contributed by atoms with Gasteiger partial charge in [0.25, 0.3) is 5.91 Å². The van der Waals surface area contributed by atoms with Crippen molar-refractivity contribution in [1.82, 2.24) is 10.2 Å². The van der Waals surface area contributed by atoms with Crippen LogP contribution in [0.25, 0.3) is 0 Å². The summed E-state index contributed by atoms with van der Waals surface area (Å²) in [6, 6.07) is 14.2. The van der Waals surface area contributed by atoms with Crippen LogP contribution in [0.2, 0.25) is 5.02 Å². The van der Waals surface area contributed by atoms with E-state index in [1.54, 1.807) is 12.1 Å². The largest absolute Gasteiger partial charge is 0.349 e. The molecule has 24 heavy (non-hydrogen) atoms. The Balaban J connectivity index is 1.52. The van der Waals surface area contributed by atoms with Crippen molar-refractivity contribution in [3.63, 3.8) is 0 Å². The Morgan fingerprint density at radius 2 is 1.83 bits per heavy atom. The molecule has 0 aromatic heterocycles. The minimum Gasteiger partial charge on any atom is -0.349 e. The fourth-order valence-electron chi connectivity index (χ4n) is 3.00. The number of likely N-dealkylation sites (tertiary alicyclic amines) is 1. The molecule has 1 N–H and O–H groups in total. The van der Waals surface area contributed by atoms with Crippen LogP contribution in [0.4, 0.5) is 4.39 Å². The van der Waals surface area contributed by atoms with Crippen molar-refractivity contribution in [3.05, 3.63) is 70.5 Å². The number of nitrogens with zero attached hydrogens (tertiary/aromatic N) is 1. The highest BCUT2D eigenvalue weighted by atomic mass is 35.5. The summed E-state index contributed by atoms with van der Waals surface area (Å²) in [5.41, 5.74) is 1.23. The third-order valence-electron chi connectivity index (χ3n) is 4.40. The van der Waals surface area contributed by atoms with E-state index in [9.17, 15) is 9.18 Å². The molecule has 1 amide bonds. The number of amides is 1. The van der Waals surface area contributed by atoms with Crippen LogP contribution in [0.5, 0.6) is 0 Å². The first-order chi connectivity index (χ1) is 11.6. The molecule has 0 unspecified atom stereocenters. The van der Waals surface area contributed by atoms with E-state index in [-0.39, 0.29) is 17.8 Å². The molecular weight excluding hydrogens is 327 g/mol. The Hall–Kier alpha value is -1.91. The van der Waals surface area contributed by atoms with E-state index in [1.807, 2.05) is 30.3 Å². The predicted octanol–water partition coefficient (Wildman–Crippen LogP) is 3.87. The number of piperidine rings is 1. The van der Waals surface area contributed by atoms with Crippen LogP contribution in [0.3, 0.4) is 0 Å². The molecule has 5 heteroatoms. The molecule has 0 bridgehead atoms. The highest BCUT2D eigenvalue weighted by Gasteiger charge is 2.22. The maximum atomic E-state index is 13.9. The summed E-state index contributed by atoms with van der Waals surface area (Å²) in [7, 11) is 0. The zero-order valence-corrected chi connectivity index (χ0v) is 14.1. The summed E-state index contributed by atoms with van der Waals surface area (Å²) < 4.78 is 13.9. The van der Waals surface area contributed by atoms with E-state index in [0.29, 0.717) is 22.7 Å². The highest BCUT2D eigenvalue weighted by molar-refractivity contribution is 6.31. The van der Waals surface area contributed by atoms with Gasteiger partial charge in [0.15, 0.2) is 0 Å². The molecule has 3 nitrogen and oxygen atoms in total. The van der Waals surface area contributed by atoms with Crippen molar-refractivity contribution >= 4 is 17.5 Å². The number of carbonyl (C=O) groups is 1. The Labute approximate surface area is 146 Å².